The summed E-state index contributed by atoms with van der Waals surface area (Å²) in [5.74, 6) is -2.20. The fourth-order valence-electron chi connectivity index (χ4n) is 4.53. The Labute approximate surface area is 212 Å². The van der Waals surface area contributed by atoms with Gasteiger partial charge in [0.2, 0.25) is 17.7 Å². The van der Waals surface area contributed by atoms with Crippen LogP contribution in [-0.2, 0) is 24.5 Å². The number of nitrogens with one attached hydrogen (secondary N) is 1. The van der Waals surface area contributed by atoms with Gasteiger partial charge in [0.15, 0.2) is 0 Å². The van der Waals surface area contributed by atoms with Gasteiger partial charge in [-0.1, -0.05) is 29.8 Å². The third kappa shape index (κ3) is 4.92. The van der Waals surface area contributed by atoms with Crippen molar-refractivity contribution in [1.29, 1.82) is 0 Å². The number of primary amides is 1. The summed E-state index contributed by atoms with van der Waals surface area (Å²) in [4.78, 5) is 54.5. The maximum absolute atomic E-state index is 14.1. The van der Waals surface area contributed by atoms with E-state index in [0.717, 1.165) is 4.90 Å². The number of hydrogen-bond donors (Lipinski definition) is 2. The van der Waals surface area contributed by atoms with E-state index in [2.05, 4.69) is 21.2 Å². The minimum atomic E-state index is -3.01. The van der Waals surface area contributed by atoms with Crippen molar-refractivity contribution in [2.45, 2.75) is 70.6 Å². The Morgan fingerprint density at radius 1 is 1.38 bits per heavy atom. The van der Waals surface area contributed by atoms with Gasteiger partial charge in [-0.3, -0.25) is 19.3 Å². The van der Waals surface area contributed by atoms with Crippen LogP contribution in [0.3, 0.4) is 0 Å². The molecule has 1 saturated heterocycles. The van der Waals surface area contributed by atoms with Crippen LogP contribution in [0.25, 0.3) is 0 Å². The summed E-state index contributed by atoms with van der Waals surface area (Å²) >= 11 is 3.40. The lowest BCUT2D eigenvalue weighted by atomic mass is 9.79. The van der Waals surface area contributed by atoms with E-state index in [0.29, 0.717) is 20.6 Å². The second-order valence-electron chi connectivity index (χ2n) is 10.3. The summed E-state index contributed by atoms with van der Waals surface area (Å²) in [6, 6.07) is 2.56. The summed E-state index contributed by atoms with van der Waals surface area (Å²) in [6.07, 6.45) is -1.26. The van der Waals surface area contributed by atoms with Gasteiger partial charge >= 0.3 is 6.09 Å². The van der Waals surface area contributed by atoms with Gasteiger partial charge in [-0.2, -0.15) is 0 Å². The molecule has 1 aromatic carbocycles. The molecule has 10 heteroatoms. The molecule has 9 nitrogen and oxygen atoms in total. The van der Waals surface area contributed by atoms with Crippen molar-refractivity contribution in [3.05, 3.63) is 28.2 Å². The lowest BCUT2D eigenvalue weighted by Crippen LogP contribution is -2.54. The van der Waals surface area contributed by atoms with Gasteiger partial charge in [0.05, 0.1) is 5.41 Å². The van der Waals surface area contributed by atoms with Crippen molar-refractivity contribution >= 4 is 45.4 Å². The van der Waals surface area contributed by atoms with Gasteiger partial charge in [-0.25, -0.2) is 4.79 Å². The van der Waals surface area contributed by atoms with Crippen LogP contribution in [0, 0.1) is 5.92 Å². The Balaban J connectivity index is 2.08. The maximum atomic E-state index is 14.1. The molecule has 0 radical (unpaired) electrons. The Morgan fingerprint density at radius 3 is 2.62 bits per heavy atom. The summed E-state index contributed by atoms with van der Waals surface area (Å²) in [5, 5.41) is 2.80. The number of carbonyl (C=O) groups is 4. The zero-order chi connectivity index (χ0) is 28.1. The van der Waals surface area contributed by atoms with E-state index >= 15 is 0 Å². The first kappa shape index (κ1) is 21.9. The molecule has 34 heavy (non-hydrogen) atoms. The predicted octanol–water partition coefficient (Wildman–Crippen LogP) is 3.01. The third-order valence-electron chi connectivity index (χ3n) is 6.03. The molecule has 2 aliphatic heterocycles. The van der Waals surface area contributed by atoms with E-state index in [1.807, 2.05) is 0 Å². The van der Waals surface area contributed by atoms with Gasteiger partial charge in [0, 0.05) is 27.8 Å². The molecule has 0 unspecified atom stereocenters. The van der Waals surface area contributed by atoms with Crippen LogP contribution in [0.5, 0.6) is 0 Å². The second kappa shape index (κ2) is 9.20. The fraction of sp³-hybridized carbons (Fsp3) is 0.583. The molecule has 4 amide bonds. The number of likely N-dealkylation sites (tertiary alicyclic amines) is 1. The smallest absolute Gasteiger partial charge is 0.410 e. The Hall–Kier alpha value is -2.62. The minimum absolute atomic E-state index is 0.0141. The van der Waals surface area contributed by atoms with Gasteiger partial charge in [0.1, 0.15) is 17.7 Å². The number of rotatable bonds is 5. The van der Waals surface area contributed by atoms with Crippen molar-refractivity contribution in [2.24, 2.45) is 11.7 Å². The Bertz CT molecular complexity index is 1120. The first-order valence-corrected chi connectivity index (χ1v) is 11.9. The first-order chi connectivity index (χ1) is 16.9. The summed E-state index contributed by atoms with van der Waals surface area (Å²) in [6.45, 7) is 5.10. The van der Waals surface area contributed by atoms with Gasteiger partial charge in [0.25, 0.3) is 0 Å². The van der Waals surface area contributed by atoms with Crippen molar-refractivity contribution < 1.29 is 28.0 Å². The van der Waals surface area contributed by atoms with Crippen molar-refractivity contribution in [2.75, 3.05) is 18.8 Å². The molecule has 0 bridgehead atoms. The van der Waals surface area contributed by atoms with E-state index in [4.69, 9.17) is 14.6 Å². The van der Waals surface area contributed by atoms with E-state index in [1.54, 1.807) is 52.8 Å². The molecule has 0 saturated carbocycles. The molecule has 1 aromatic rings. The number of benzene rings is 1. The highest BCUT2D eigenvalue weighted by Gasteiger charge is 2.58. The van der Waals surface area contributed by atoms with Crippen LogP contribution < -0.4 is 11.1 Å². The van der Waals surface area contributed by atoms with Gasteiger partial charge < -0.3 is 20.7 Å². The van der Waals surface area contributed by atoms with E-state index in [9.17, 15) is 19.2 Å². The van der Waals surface area contributed by atoms with Crippen LogP contribution in [0.1, 0.15) is 57.1 Å². The highest BCUT2D eigenvalue weighted by atomic mass is 79.9. The molecular weight excluding hydrogens is 504 g/mol. The quantitative estimate of drug-likeness (QED) is 0.595. The van der Waals surface area contributed by atoms with Crippen LogP contribution in [0.15, 0.2) is 22.7 Å². The Morgan fingerprint density at radius 2 is 2.06 bits per heavy atom. The van der Waals surface area contributed by atoms with E-state index in [1.165, 1.54) is 0 Å². The van der Waals surface area contributed by atoms with Crippen LogP contribution >= 0.6 is 15.9 Å². The molecule has 0 aliphatic carbocycles. The first-order valence-electron chi connectivity index (χ1n) is 12.6. The summed E-state index contributed by atoms with van der Waals surface area (Å²) in [7, 11) is 0. The average Bonchev–Trinajstić information content (AvgIpc) is 3.24. The summed E-state index contributed by atoms with van der Waals surface area (Å²) in [5.41, 5.74) is 4.58. The SMILES string of the molecule is [2H]C([2H])([2H])N(C(=O)OC(C)(C)C)[C@@H](CC(C)C)C(=O)N1C[C@]2(C[C@H]1C(N)=O)C(=O)Nc1ccc(Br)cc12. The lowest BCUT2D eigenvalue weighted by molar-refractivity contribution is -0.142. The number of fused-ring (bicyclic) bond motifs is 2. The molecule has 2 aliphatic rings. The molecule has 186 valence electrons. The number of ether oxygens (including phenoxy) is 1. The summed E-state index contributed by atoms with van der Waals surface area (Å²) < 4.78 is 30.2. The number of amides is 4. The van der Waals surface area contributed by atoms with E-state index in [-0.39, 0.29) is 31.2 Å². The van der Waals surface area contributed by atoms with Crippen LogP contribution in [0.2, 0.25) is 0 Å². The average molecular weight is 540 g/mol. The monoisotopic (exact) mass is 539 g/mol. The molecular formula is C24H33BrN4O5. The number of likely N-dealkylation sites (N-methyl/N-ethyl adjacent to an activating group) is 1. The number of hydrogen-bond acceptors (Lipinski definition) is 5. The Kier molecular flexibility index (Phi) is 5.92. The molecule has 1 spiro atoms. The molecule has 3 rings (SSSR count). The largest absolute Gasteiger partial charge is 0.444 e. The number of nitrogens with two attached hydrogens (primary N) is 1. The number of anilines is 1. The normalized spacial score (nSPS) is 24.2. The zero-order valence-corrected chi connectivity index (χ0v) is 21.6. The zero-order valence-electron chi connectivity index (χ0n) is 23.0. The molecule has 0 aromatic heterocycles. The molecule has 3 atom stereocenters. The van der Waals surface area contributed by atoms with Crippen LogP contribution in [0.4, 0.5) is 10.5 Å². The molecule has 2 heterocycles. The standard InChI is InChI=1S/C24H33BrN4O5/c1-13(2)9-17(28(6)22(33)34-23(3,4)5)20(31)29-12-24(11-18(29)19(26)30)15-10-14(25)7-8-16(15)27-21(24)32/h7-8,10,13,17-18H,9,11-12H2,1-6H3,(H2,26,30)(H,27,32)/t17-,18-,24-/m0/s1/i6D3. The number of halogens is 1. The number of carbonyl (C=O) groups excluding carboxylic acids is 4. The second-order valence-corrected chi connectivity index (χ2v) is 11.2. The third-order valence-corrected chi connectivity index (χ3v) is 6.52. The van der Waals surface area contributed by atoms with Gasteiger partial charge in [-0.15, -0.1) is 0 Å². The highest BCUT2D eigenvalue weighted by Crippen LogP contribution is 2.47. The number of nitrogens with zero attached hydrogens (tertiary/aromatic N) is 2. The van der Waals surface area contributed by atoms with Crippen LogP contribution in [-0.4, -0.2) is 64.8 Å². The molecule has 1 fully saturated rings. The minimum Gasteiger partial charge on any atom is -0.444 e. The van der Waals surface area contributed by atoms with Gasteiger partial charge in [-0.05, 0) is 63.3 Å². The maximum Gasteiger partial charge on any atom is 0.410 e. The topological polar surface area (TPSA) is 122 Å². The van der Waals surface area contributed by atoms with Crippen molar-refractivity contribution in [3.8, 4) is 0 Å². The highest BCUT2D eigenvalue weighted by molar-refractivity contribution is 9.10. The lowest BCUT2D eigenvalue weighted by Gasteiger charge is -2.34. The molecule has 3 N–H and O–H groups in total. The van der Waals surface area contributed by atoms with E-state index < -0.39 is 48.0 Å². The van der Waals surface area contributed by atoms with Crippen molar-refractivity contribution in [3.63, 3.8) is 0 Å². The van der Waals surface area contributed by atoms with Crippen molar-refractivity contribution in [1.82, 2.24) is 9.80 Å². The predicted molar refractivity (Wildman–Crippen MR) is 131 cm³/mol. The fourth-order valence-corrected chi connectivity index (χ4v) is 4.89.